The first-order chi connectivity index (χ1) is 12.2. The number of nitrogens with zero attached hydrogens (tertiary/aromatic N) is 1. The summed E-state index contributed by atoms with van der Waals surface area (Å²) in [6.45, 7) is 2.96. The number of nitrogens with one attached hydrogen (secondary N) is 1. The van der Waals surface area contributed by atoms with E-state index in [1.807, 2.05) is 18.2 Å². The van der Waals surface area contributed by atoms with Gasteiger partial charge in [0.25, 0.3) is 0 Å². The van der Waals surface area contributed by atoms with Crippen molar-refractivity contribution in [2.45, 2.75) is 30.3 Å². The molecule has 0 spiro atoms. The molecule has 1 fully saturated rings. The number of halogens is 1. The van der Waals surface area contributed by atoms with E-state index >= 15 is 0 Å². The quantitative estimate of drug-likeness (QED) is 0.679. The highest BCUT2D eigenvalue weighted by Gasteiger charge is 2.23. The Hall–Kier alpha value is -1.30. The van der Waals surface area contributed by atoms with Crippen LogP contribution in [0, 0.1) is 0 Å². The molecule has 0 bridgehead atoms. The fraction of sp³-hybridized carbons (Fsp3) is 0.350. The summed E-state index contributed by atoms with van der Waals surface area (Å²) in [5, 5.41) is 3.19. The number of carbonyl (C=O) groups is 1. The van der Waals surface area contributed by atoms with E-state index in [0.717, 1.165) is 36.3 Å². The van der Waals surface area contributed by atoms with Gasteiger partial charge in [-0.25, -0.2) is 0 Å². The van der Waals surface area contributed by atoms with Crippen LogP contribution >= 0.6 is 27.7 Å². The lowest BCUT2D eigenvalue weighted by atomic mass is 10.2. The van der Waals surface area contributed by atoms with Gasteiger partial charge in [-0.05, 0) is 36.2 Å². The Balaban J connectivity index is 1.35. The average Bonchev–Trinajstić information content (AvgIpc) is 3.04. The number of hydrogen-bond acceptors (Lipinski definition) is 3. The van der Waals surface area contributed by atoms with Crippen LogP contribution in [0.3, 0.4) is 0 Å². The first-order valence-corrected chi connectivity index (χ1v) is 10.4. The highest BCUT2D eigenvalue weighted by atomic mass is 79.9. The van der Waals surface area contributed by atoms with Crippen molar-refractivity contribution >= 4 is 33.6 Å². The van der Waals surface area contributed by atoms with E-state index < -0.39 is 0 Å². The monoisotopic (exact) mass is 418 g/mol. The maximum absolute atomic E-state index is 12.2. The molecule has 1 unspecified atom stereocenters. The third-order valence-electron chi connectivity index (χ3n) is 4.30. The van der Waals surface area contributed by atoms with Crippen LogP contribution < -0.4 is 5.32 Å². The predicted molar refractivity (Wildman–Crippen MR) is 108 cm³/mol. The van der Waals surface area contributed by atoms with Crippen LogP contribution in [0.2, 0.25) is 0 Å². The van der Waals surface area contributed by atoms with E-state index in [0.29, 0.717) is 6.42 Å². The molecule has 1 amide bonds. The van der Waals surface area contributed by atoms with E-state index in [9.17, 15) is 4.79 Å². The Kier molecular flexibility index (Phi) is 6.96. The zero-order valence-electron chi connectivity index (χ0n) is 14.2. The molecule has 3 rings (SSSR count). The van der Waals surface area contributed by atoms with Crippen molar-refractivity contribution < 1.29 is 4.79 Å². The summed E-state index contributed by atoms with van der Waals surface area (Å²) < 4.78 is 1.08. The number of carbonyl (C=O) groups excluding carboxylic acids is 1. The fourth-order valence-corrected chi connectivity index (χ4v) is 4.14. The van der Waals surface area contributed by atoms with Crippen LogP contribution in [-0.4, -0.2) is 35.7 Å². The van der Waals surface area contributed by atoms with E-state index in [4.69, 9.17) is 0 Å². The standard InChI is InChI=1S/C20H23BrN2OS/c21-17-6-8-19(9-7-17)25-13-11-20(24)22-18-10-12-23(15-18)14-16-4-2-1-3-5-16/h1-9,18H,10-15H2,(H,22,24). The minimum absolute atomic E-state index is 0.163. The van der Waals surface area contributed by atoms with Crippen LogP contribution in [0.4, 0.5) is 0 Å². The van der Waals surface area contributed by atoms with E-state index in [1.165, 1.54) is 10.5 Å². The molecule has 1 atom stereocenters. The molecule has 1 heterocycles. The Bertz CT molecular complexity index is 678. The zero-order chi connectivity index (χ0) is 17.5. The topological polar surface area (TPSA) is 32.3 Å². The lowest BCUT2D eigenvalue weighted by Crippen LogP contribution is -2.37. The maximum atomic E-state index is 12.2. The molecule has 1 aliphatic heterocycles. The van der Waals surface area contributed by atoms with Crippen LogP contribution in [0.1, 0.15) is 18.4 Å². The summed E-state index contributed by atoms with van der Waals surface area (Å²) in [4.78, 5) is 15.8. The first-order valence-electron chi connectivity index (χ1n) is 8.63. The number of amides is 1. The highest BCUT2D eigenvalue weighted by molar-refractivity contribution is 9.10. The van der Waals surface area contributed by atoms with Crippen LogP contribution in [0.25, 0.3) is 0 Å². The van der Waals surface area contributed by atoms with Crippen molar-refractivity contribution in [2.75, 3.05) is 18.8 Å². The second kappa shape index (κ2) is 9.41. The largest absolute Gasteiger partial charge is 0.352 e. The van der Waals surface area contributed by atoms with Gasteiger partial charge in [-0.1, -0.05) is 46.3 Å². The summed E-state index contributed by atoms with van der Waals surface area (Å²) in [7, 11) is 0. The molecule has 25 heavy (non-hydrogen) atoms. The second-order valence-corrected chi connectivity index (χ2v) is 8.41. The average molecular weight is 419 g/mol. The van der Waals surface area contributed by atoms with Gasteiger partial charge in [-0.15, -0.1) is 11.8 Å². The molecular formula is C20H23BrN2OS. The fourth-order valence-electron chi connectivity index (χ4n) is 3.03. The zero-order valence-corrected chi connectivity index (χ0v) is 16.6. The third kappa shape index (κ3) is 6.17. The molecule has 2 aromatic rings. The Morgan fingerprint density at radius 1 is 1.16 bits per heavy atom. The van der Waals surface area contributed by atoms with E-state index in [2.05, 4.69) is 62.5 Å². The van der Waals surface area contributed by atoms with Crippen molar-refractivity contribution in [3.05, 3.63) is 64.6 Å². The van der Waals surface area contributed by atoms with Gasteiger partial charge < -0.3 is 5.32 Å². The molecule has 0 saturated carbocycles. The molecule has 2 aromatic carbocycles. The molecule has 1 aliphatic rings. The third-order valence-corrected chi connectivity index (χ3v) is 5.84. The summed E-state index contributed by atoms with van der Waals surface area (Å²) in [6, 6.07) is 19.0. The normalized spacial score (nSPS) is 17.6. The van der Waals surface area contributed by atoms with Gasteiger partial charge in [-0.3, -0.25) is 9.69 Å². The first kappa shape index (κ1) is 18.5. The molecule has 0 radical (unpaired) electrons. The van der Waals surface area contributed by atoms with Gasteiger partial charge in [0.1, 0.15) is 0 Å². The van der Waals surface area contributed by atoms with Gasteiger partial charge in [0.2, 0.25) is 5.91 Å². The number of rotatable bonds is 7. The molecule has 3 nitrogen and oxygen atoms in total. The molecule has 0 aromatic heterocycles. The summed E-state index contributed by atoms with van der Waals surface area (Å²) in [5.41, 5.74) is 1.33. The second-order valence-electron chi connectivity index (χ2n) is 6.33. The smallest absolute Gasteiger partial charge is 0.221 e. The summed E-state index contributed by atoms with van der Waals surface area (Å²) >= 11 is 5.16. The van der Waals surface area contributed by atoms with Crippen LogP contribution in [0.15, 0.2) is 64.0 Å². The number of benzene rings is 2. The van der Waals surface area contributed by atoms with Gasteiger partial charge in [0.05, 0.1) is 0 Å². The predicted octanol–water partition coefficient (Wildman–Crippen LogP) is 4.32. The Morgan fingerprint density at radius 3 is 2.68 bits per heavy atom. The summed E-state index contributed by atoms with van der Waals surface area (Å²) in [5.74, 6) is 0.977. The minimum Gasteiger partial charge on any atom is -0.352 e. The van der Waals surface area contributed by atoms with Crippen molar-refractivity contribution in [3.63, 3.8) is 0 Å². The Morgan fingerprint density at radius 2 is 1.92 bits per heavy atom. The molecule has 132 valence electrons. The molecule has 1 N–H and O–H groups in total. The van der Waals surface area contributed by atoms with Crippen molar-refractivity contribution in [3.8, 4) is 0 Å². The van der Waals surface area contributed by atoms with Gasteiger partial charge in [-0.2, -0.15) is 0 Å². The molecule has 0 aliphatic carbocycles. The van der Waals surface area contributed by atoms with Gasteiger partial charge in [0.15, 0.2) is 0 Å². The molecule has 5 heteroatoms. The Labute approximate surface area is 162 Å². The van der Waals surface area contributed by atoms with Crippen molar-refractivity contribution in [1.82, 2.24) is 10.2 Å². The lowest BCUT2D eigenvalue weighted by molar-refractivity contribution is -0.121. The number of likely N-dealkylation sites (tertiary alicyclic amines) is 1. The summed E-state index contributed by atoms with van der Waals surface area (Å²) in [6.07, 6.45) is 1.61. The maximum Gasteiger partial charge on any atom is 0.221 e. The molecule has 1 saturated heterocycles. The van der Waals surface area contributed by atoms with Crippen LogP contribution in [0.5, 0.6) is 0 Å². The van der Waals surface area contributed by atoms with E-state index in [1.54, 1.807) is 11.8 Å². The number of thioether (sulfide) groups is 1. The van der Waals surface area contributed by atoms with Gasteiger partial charge in [0, 0.05) is 47.2 Å². The van der Waals surface area contributed by atoms with Crippen molar-refractivity contribution in [1.29, 1.82) is 0 Å². The lowest BCUT2D eigenvalue weighted by Gasteiger charge is -2.16. The van der Waals surface area contributed by atoms with Crippen LogP contribution in [-0.2, 0) is 11.3 Å². The minimum atomic E-state index is 0.163. The highest BCUT2D eigenvalue weighted by Crippen LogP contribution is 2.21. The number of hydrogen-bond donors (Lipinski definition) is 1. The van der Waals surface area contributed by atoms with Gasteiger partial charge >= 0.3 is 0 Å². The molecular weight excluding hydrogens is 396 g/mol. The SMILES string of the molecule is O=C(CCSc1ccc(Br)cc1)NC1CCN(Cc2ccccc2)C1. The van der Waals surface area contributed by atoms with E-state index in [-0.39, 0.29) is 11.9 Å². The van der Waals surface area contributed by atoms with Crippen molar-refractivity contribution in [2.24, 2.45) is 0 Å².